The van der Waals surface area contributed by atoms with Crippen molar-refractivity contribution in [1.29, 1.82) is 0 Å². The lowest BCUT2D eigenvalue weighted by atomic mass is 10.1. The molecule has 0 radical (unpaired) electrons. The Morgan fingerprint density at radius 2 is 2.24 bits per heavy atom. The van der Waals surface area contributed by atoms with E-state index in [1.54, 1.807) is 4.68 Å². The van der Waals surface area contributed by atoms with Gasteiger partial charge in [0.2, 0.25) is 5.88 Å². The number of aryl methyl sites for hydroxylation is 1. The van der Waals surface area contributed by atoms with Crippen LogP contribution in [-0.2, 0) is 6.54 Å². The van der Waals surface area contributed by atoms with E-state index in [9.17, 15) is 18.0 Å². The van der Waals surface area contributed by atoms with Crippen molar-refractivity contribution in [2.75, 3.05) is 6.61 Å². The molecule has 3 rings (SSSR count). The summed E-state index contributed by atoms with van der Waals surface area (Å²) in [5.74, 6) is -0.185. The first-order valence-corrected chi connectivity index (χ1v) is 7.75. The summed E-state index contributed by atoms with van der Waals surface area (Å²) >= 11 is 5.85. The van der Waals surface area contributed by atoms with Crippen molar-refractivity contribution in [3.05, 3.63) is 35.0 Å². The number of carbonyl (C=O) groups is 1. The Labute approximate surface area is 145 Å². The Balaban J connectivity index is 1.68. The lowest BCUT2D eigenvalue weighted by molar-refractivity contribution is -0.154. The predicted molar refractivity (Wildman–Crippen MR) is 80.3 cm³/mol. The average molecular weight is 376 g/mol. The van der Waals surface area contributed by atoms with E-state index in [0.717, 1.165) is 19.2 Å². The minimum Gasteiger partial charge on any atom is -0.467 e. The van der Waals surface area contributed by atoms with Gasteiger partial charge in [-0.3, -0.25) is 4.79 Å². The lowest BCUT2D eigenvalue weighted by Crippen LogP contribution is -2.33. The molecule has 1 atom stereocenters. The highest BCUT2D eigenvalue weighted by atomic mass is 35.5. The number of hydrogen-bond acceptors (Lipinski definition) is 5. The van der Waals surface area contributed by atoms with Gasteiger partial charge in [-0.25, -0.2) is 14.6 Å². The maximum Gasteiger partial charge on any atom is 0.422 e. The number of carbonyl (C=O) groups excluding carboxylic acids is 1. The Morgan fingerprint density at radius 1 is 1.44 bits per heavy atom. The number of hydrogen-bond donors (Lipinski definition) is 1. The molecular formula is C14H13ClF3N5O2. The summed E-state index contributed by atoms with van der Waals surface area (Å²) in [6.45, 7) is -0.774. The van der Waals surface area contributed by atoms with Gasteiger partial charge < -0.3 is 10.1 Å². The maximum atomic E-state index is 12.3. The van der Waals surface area contributed by atoms with Crippen LogP contribution >= 0.6 is 11.6 Å². The molecule has 11 heteroatoms. The normalized spacial score (nSPS) is 17.0. The van der Waals surface area contributed by atoms with Crippen LogP contribution in [0.5, 0.6) is 5.88 Å². The quantitative estimate of drug-likeness (QED) is 0.888. The third-order valence-electron chi connectivity index (χ3n) is 3.57. The van der Waals surface area contributed by atoms with E-state index in [2.05, 4.69) is 25.1 Å². The Morgan fingerprint density at radius 3 is 2.96 bits per heavy atom. The van der Waals surface area contributed by atoms with Crippen molar-refractivity contribution in [3.8, 4) is 5.88 Å². The molecule has 0 unspecified atom stereocenters. The van der Waals surface area contributed by atoms with E-state index < -0.39 is 18.7 Å². The van der Waals surface area contributed by atoms with Crippen LogP contribution in [0.1, 0.15) is 35.1 Å². The van der Waals surface area contributed by atoms with E-state index >= 15 is 0 Å². The van der Waals surface area contributed by atoms with Gasteiger partial charge in [-0.05, 0) is 18.9 Å². The molecule has 2 aromatic heterocycles. The highest BCUT2D eigenvalue weighted by Gasteiger charge is 2.29. The van der Waals surface area contributed by atoms with E-state index in [0.29, 0.717) is 12.2 Å². The summed E-state index contributed by atoms with van der Waals surface area (Å²) in [7, 11) is 0. The first-order chi connectivity index (χ1) is 11.8. The molecule has 1 amide bonds. The number of nitrogens with one attached hydrogen (secondary N) is 1. The Hall–Kier alpha value is -2.36. The summed E-state index contributed by atoms with van der Waals surface area (Å²) in [4.78, 5) is 20.2. The number of fused-ring (bicyclic) bond motifs is 1. The number of nitrogens with zero attached hydrogens (tertiary/aromatic N) is 4. The third kappa shape index (κ3) is 4.19. The SMILES string of the molecule is O=C(N[C@H]1CCCn2ncnc21)c1cnc(OCC(F)(F)F)c(Cl)c1. The molecule has 0 spiro atoms. The predicted octanol–water partition coefficient (Wildman–Crippen LogP) is 2.53. The minimum atomic E-state index is -4.50. The fourth-order valence-electron chi connectivity index (χ4n) is 2.47. The van der Waals surface area contributed by atoms with Crippen LogP contribution in [0, 0.1) is 0 Å². The second-order valence-corrected chi connectivity index (χ2v) is 5.83. The molecule has 0 fully saturated rings. The molecule has 25 heavy (non-hydrogen) atoms. The number of amides is 1. The maximum absolute atomic E-state index is 12.3. The van der Waals surface area contributed by atoms with Crippen molar-refractivity contribution in [2.24, 2.45) is 0 Å². The van der Waals surface area contributed by atoms with E-state index in [4.69, 9.17) is 11.6 Å². The number of halogens is 4. The molecule has 1 N–H and O–H groups in total. The summed E-state index contributed by atoms with van der Waals surface area (Å²) < 4.78 is 42.7. The standard InChI is InChI=1S/C14H13ClF3N5O2/c15-9-4-8(5-19-13(9)25-6-14(16,17)18)12(24)22-10-2-1-3-23-11(10)20-7-21-23/h4-5,7,10H,1-3,6H2,(H,22,24)/t10-/m0/s1. The van der Waals surface area contributed by atoms with Crippen LogP contribution in [0.25, 0.3) is 0 Å². The second-order valence-electron chi connectivity index (χ2n) is 5.42. The van der Waals surface area contributed by atoms with Gasteiger partial charge in [-0.1, -0.05) is 11.6 Å². The largest absolute Gasteiger partial charge is 0.467 e. The highest BCUT2D eigenvalue weighted by Crippen LogP contribution is 2.26. The first-order valence-electron chi connectivity index (χ1n) is 7.37. The van der Waals surface area contributed by atoms with Gasteiger partial charge in [0.1, 0.15) is 17.2 Å². The molecule has 1 aliphatic rings. The zero-order chi connectivity index (χ0) is 18.0. The summed E-state index contributed by atoms with van der Waals surface area (Å²) in [6, 6.07) is 0.909. The monoisotopic (exact) mass is 375 g/mol. The van der Waals surface area contributed by atoms with Crippen LogP contribution < -0.4 is 10.1 Å². The zero-order valence-corrected chi connectivity index (χ0v) is 13.5. The molecule has 3 heterocycles. The van der Waals surface area contributed by atoms with Crippen molar-refractivity contribution in [3.63, 3.8) is 0 Å². The average Bonchev–Trinajstić information content (AvgIpc) is 3.02. The molecule has 1 aliphatic heterocycles. The molecule has 7 nitrogen and oxygen atoms in total. The number of alkyl halides is 3. The fraction of sp³-hybridized carbons (Fsp3) is 0.429. The number of pyridine rings is 1. The summed E-state index contributed by atoms with van der Waals surface area (Å²) in [6.07, 6.45) is -0.424. The fourth-order valence-corrected chi connectivity index (χ4v) is 2.69. The molecule has 134 valence electrons. The van der Waals surface area contributed by atoms with Crippen LogP contribution in [0.3, 0.4) is 0 Å². The van der Waals surface area contributed by atoms with Crippen molar-refractivity contribution in [1.82, 2.24) is 25.1 Å². The van der Waals surface area contributed by atoms with Gasteiger partial charge in [0.15, 0.2) is 6.61 Å². The molecule has 0 aliphatic carbocycles. The van der Waals surface area contributed by atoms with Crippen LogP contribution in [0.15, 0.2) is 18.6 Å². The van der Waals surface area contributed by atoms with Gasteiger partial charge in [0, 0.05) is 12.7 Å². The van der Waals surface area contributed by atoms with Crippen LogP contribution in [0.2, 0.25) is 5.02 Å². The first kappa shape index (κ1) is 17.5. The number of rotatable bonds is 4. The number of ether oxygens (including phenoxy) is 1. The van der Waals surface area contributed by atoms with E-state index in [1.165, 1.54) is 12.4 Å². The zero-order valence-electron chi connectivity index (χ0n) is 12.8. The third-order valence-corrected chi connectivity index (χ3v) is 3.84. The van der Waals surface area contributed by atoms with Gasteiger partial charge in [-0.15, -0.1) is 0 Å². The van der Waals surface area contributed by atoms with E-state index in [1.807, 2.05) is 0 Å². The topological polar surface area (TPSA) is 81.9 Å². The molecule has 0 saturated carbocycles. The summed E-state index contributed by atoms with van der Waals surface area (Å²) in [5.41, 5.74) is 0.112. The molecule has 0 aromatic carbocycles. The van der Waals surface area contributed by atoms with Gasteiger partial charge in [0.25, 0.3) is 5.91 Å². The summed E-state index contributed by atoms with van der Waals surface area (Å²) in [5, 5.41) is 6.69. The smallest absolute Gasteiger partial charge is 0.422 e. The van der Waals surface area contributed by atoms with E-state index in [-0.39, 0.29) is 22.5 Å². The van der Waals surface area contributed by atoms with Crippen LogP contribution in [0.4, 0.5) is 13.2 Å². The lowest BCUT2D eigenvalue weighted by Gasteiger charge is -2.23. The van der Waals surface area contributed by atoms with Gasteiger partial charge in [-0.2, -0.15) is 18.3 Å². The number of aromatic nitrogens is 4. The van der Waals surface area contributed by atoms with Crippen molar-refractivity contribution in [2.45, 2.75) is 31.6 Å². The Bertz CT molecular complexity index is 780. The second kappa shape index (κ2) is 6.87. The van der Waals surface area contributed by atoms with Crippen molar-refractivity contribution < 1.29 is 22.7 Å². The molecule has 0 saturated heterocycles. The minimum absolute atomic E-state index is 0.112. The van der Waals surface area contributed by atoms with Gasteiger partial charge in [0.05, 0.1) is 11.6 Å². The molecule has 0 bridgehead atoms. The molecule has 2 aromatic rings. The van der Waals surface area contributed by atoms with Crippen molar-refractivity contribution >= 4 is 17.5 Å². The van der Waals surface area contributed by atoms with Crippen LogP contribution in [-0.4, -0.2) is 38.4 Å². The molecular weight excluding hydrogens is 363 g/mol. The Kier molecular flexibility index (Phi) is 4.80. The highest BCUT2D eigenvalue weighted by molar-refractivity contribution is 6.32. The van der Waals surface area contributed by atoms with Gasteiger partial charge >= 0.3 is 6.18 Å².